The summed E-state index contributed by atoms with van der Waals surface area (Å²) in [6, 6.07) is 2.48. The summed E-state index contributed by atoms with van der Waals surface area (Å²) >= 11 is 1.21. The molecule has 0 aromatic carbocycles. The molecule has 0 bridgehead atoms. The molecule has 4 nitrogen and oxygen atoms in total. The summed E-state index contributed by atoms with van der Waals surface area (Å²) in [5, 5.41) is 10.9. The minimum absolute atomic E-state index is 0.458. The lowest BCUT2D eigenvalue weighted by atomic mass is 10.2. The van der Waals surface area contributed by atoms with E-state index in [4.69, 9.17) is 9.88 Å². The van der Waals surface area contributed by atoms with Crippen LogP contribution in [0.15, 0.2) is 11.1 Å². The summed E-state index contributed by atoms with van der Waals surface area (Å²) in [5.41, 5.74) is 1.17. The van der Waals surface area contributed by atoms with Gasteiger partial charge in [0.1, 0.15) is 5.03 Å². The molecule has 76 valence electrons. The molecule has 1 aliphatic heterocycles. The first-order valence-corrected chi connectivity index (χ1v) is 5.79. The average molecular weight is 211 g/mol. The van der Waals surface area contributed by atoms with Crippen molar-refractivity contribution in [2.45, 2.75) is 30.5 Å². The van der Waals surface area contributed by atoms with Gasteiger partial charge in [0.25, 0.3) is 0 Å². The van der Waals surface area contributed by atoms with Crippen molar-refractivity contribution < 1.29 is 4.74 Å². The summed E-state index contributed by atoms with van der Waals surface area (Å²) in [5.74, 6) is 0.782. The summed E-state index contributed by atoms with van der Waals surface area (Å²) in [6.45, 7) is 1.49. The highest BCUT2D eigenvalue weighted by Gasteiger charge is 2.36. The molecule has 2 heterocycles. The Hall–Kier alpha value is -0.520. The van der Waals surface area contributed by atoms with E-state index in [1.807, 2.05) is 6.07 Å². The standard InChI is InChI=1S/C9H13N3OS/c10-14-9-3-7-4-13-5-8(6-1-2-6)12(7)11-9/h3,6,8H,1-2,4-5,10H2. The van der Waals surface area contributed by atoms with E-state index in [1.54, 1.807) is 0 Å². The molecule has 0 saturated heterocycles. The highest BCUT2D eigenvalue weighted by Crippen LogP contribution is 2.41. The summed E-state index contributed by atoms with van der Waals surface area (Å²) in [4.78, 5) is 0. The van der Waals surface area contributed by atoms with Gasteiger partial charge in [0.15, 0.2) is 0 Å². The van der Waals surface area contributed by atoms with Crippen LogP contribution in [0, 0.1) is 5.92 Å². The van der Waals surface area contributed by atoms with E-state index in [2.05, 4.69) is 9.78 Å². The second-order valence-electron chi connectivity index (χ2n) is 3.96. The zero-order valence-electron chi connectivity index (χ0n) is 7.85. The normalized spacial score (nSPS) is 26.2. The van der Waals surface area contributed by atoms with Crippen molar-refractivity contribution in [3.05, 3.63) is 11.8 Å². The van der Waals surface area contributed by atoms with Gasteiger partial charge in [0.2, 0.25) is 0 Å². The lowest BCUT2D eigenvalue weighted by Crippen LogP contribution is -2.25. The number of nitrogens with two attached hydrogens (primary N) is 1. The molecule has 2 aliphatic rings. The van der Waals surface area contributed by atoms with Crippen LogP contribution in [0.1, 0.15) is 24.6 Å². The zero-order valence-corrected chi connectivity index (χ0v) is 8.67. The maximum Gasteiger partial charge on any atom is 0.133 e. The smallest absolute Gasteiger partial charge is 0.133 e. The van der Waals surface area contributed by atoms with Crippen LogP contribution in [0.4, 0.5) is 0 Å². The number of nitrogens with zero attached hydrogens (tertiary/aromatic N) is 2. The van der Waals surface area contributed by atoms with Gasteiger partial charge in [-0.15, -0.1) is 0 Å². The number of hydrogen-bond donors (Lipinski definition) is 1. The van der Waals surface area contributed by atoms with Gasteiger partial charge >= 0.3 is 0 Å². The maximum absolute atomic E-state index is 5.56. The highest BCUT2D eigenvalue weighted by atomic mass is 32.2. The first-order chi connectivity index (χ1) is 6.88. The van der Waals surface area contributed by atoms with Crippen molar-refractivity contribution in [1.82, 2.24) is 9.78 Å². The fraction of sp³-hybridized carbons (Fsp3) is 0.667. The average Bonchev–Trinajstić information content (AvgIpc) is 2.96. The van der Waals surface area contributed by atoms with Gasteiger partial charge in [-0.3, -0.25) is 9.82 Å². The molecular formula is C9H13N3OS. The predicted octanol–water partition coefficient (Wildman–Crippen LogP) is 1.33. The molecule has 1 saturated carbocycles. The van der Waals surface area contributed by atoms with Crippen molar-refractivity contribution in [3.63, 3.8) is 0 Å². The predicted molar refractivity (Wildman–Crippen MR) is 53.7 cm³/mol. The van der Waals surface area contributed by atoms with E-state index >= 15 is 0 Å². The highest BCUT2D eigenvalue weighted by molar-refractivity contribution is 7.97. The molecule has 2 N–H and O–H groups in total. The van der Waals surface area contributed by atoms with Crippen LogP contribution in [0.25, 0.3) is 0 Å². The van der Waals surface area contributed by atoms with Crippen LogP contribution >= 0.6 is 11.9 Å². The van der Waals surface area contributed by atoms with Crippen molar-refractivity contribution in [3.8, 4) is 0 Å². The number of ether oxygens (including phenoxy) is 1. The molecule has 1 aliphatic carbocycles. The van der Waals surface area contributed by atoms with Crippen LogP contribution in [-0.2, 0) is 11.3 Å². The van der Waals surface area contributed by atoms with E-state index in [-0.39, 0.29) is 0 Å². The van der Waals surface area contributed by atoms with Crippen LogP contribution < -0.4 is 5.14 Å². The molecule has 3 rings (SSSR count). The Morgan fingerprint density at radius 3 is 3.14 bits per heavy atom. The number of aromatic nitrogens is 2. The lowest BCUT2D eigenvalue weighted by molar-refractivity contribution is 0.0440. The van der Waals surface area contributed by atoms with E-state index in [1.165, 1.54) is 30.5 Å². The zero-order chi connectivity index (χ0) is 9.54. The number of hydrogen-bond acceptors (Lipinski definition) is 4. The van der Waals surface area contributed by atoms with E-state index < -0.39 is 0 Å². The fourth-order valence-corrected chi connectivity index (χ4v) is 2.37. The lowest BCUT2D eigenvalue weighted by Gasteiger charge is -2.24. The second kappa shape index (κ2) is 3.25. The fourth-order valence-electron chi connectivity index (χ4n) is 2.03. The molecule has 1 fully saturated rings. The first kappa shape index (κ1) is 8.76. The Morgan fingerprint density at radius 1 is 1.57 bits per heavy atom. The SMILES string of the molecule is NSc1cc2n(n1)C(C1CC1)COC2. The van der Waals surface area contributed by atoms with E-state index in [9.17, 15) is 0 Å². The largest absolute Gasteiger partial charge is 0.373 e. The van der Waals surface area contributed by atoms with E-state index in [0.717, 1.165) is 17.6 Å². The van der Waals surface area contributed by atoms with Gasteiger partial charge in [-0.05, 0) is 36.8 Å². The van der Waals surface area contributed by atoms with Gasteiger partial charge < -0.3 is 4.74 Å². The van der Waals surface area contributed by atoms with Crippen molar-refractivity contribution >= 4 is 11.9 Å². The quantitative estimate of drug-likeness (QED) is 0.750. The third-order valence-corrected chi connectivity index (χ3v) is 3.37. The van der Waals surface area contributed by atoms with Crippen molar-refractivity contribution in [1.29, 1.82) is 0 Å². The summed E-state index contributed by atoms with van der Waals surface area (Å²) < 4.78 is 7.68. The second-order valence-corrected chi connectivity index (χ2v) is 4.61. The van der Waals surface area contributed by atoms with Crippen LogP contribution in [0.2, 0.25) is 0 Å². The van der Waals surface area contributed by atoms with Gasteiger partial charge in [0.05, 0.1) is 24.9 Å². The molecule has 0 amide bonds. The third kappa shape index (κ3) is 1.36. The molecule has 1 unspecified atom stereocenters. The Labute approximate surface area is 86.9 Å². The summed E-state index contributed by atoms with van der Waals surface area (Å²) in [7, 11) is 0. The minimum Gasteiger partial charge on any atom is -0.373 e. The van der Waals surface area contributed by atoms with Gasteiger partial charge in [-0.1, -0.05) is 0 Å². The molecule has 0 spiro atoms. The third-order valence-electron chi connectivity index (χ3n) is 2.93. The van der Waals surface area contributed by atoms with Crippen LogP contribution in [-0.4, -0.2) is 16.4 Å². The topological polar surface area (TPSA) is 53.1 Å². The van der Waals surface area contributed by atoms with Crippen molar-refractivity contribution in [2.75, 3.05) is 6.61 Å². The molecule has 14 heavy (non-hydrogen) atoms. The van der Waals surface area contributed by atoms with Gasteiger partial charge in [0, 0.05) is 0 Å². The molecule has 1 aromatic heterocycles. The van der Waals surface area contributed by atoms with Crippen LogP contribution in [0.5, 0.6) is 0 Å². The molecule has 0 radical (unpaired) electrons. The van der Waals surface area contributed by atoms with Crippen molar-refractivity contribution in [2.24, 2.45) is 11.1 Å². The molecule has 5 heteroatoms. The Bertz CT molecular complexity index is 348. The van der Waals surface area contributed by atoms with Gasteiger partial charge in [-0.2, -0.15) is 5.10 Å². The molecular weight excluding hydrogens is 198 g/mol. The van der Waals surface area contributed by atoms with Crippen LogP contribution in [0.3, 0.4) is 0 Å². The Kier molecular flexibility index (Phi) is 2.04. The Morgan fingerprint density at radius 2 is 2.43 bits per heavy atom. The first-order valence-electron chi connectivity index (χ1n) is 4.91. The maximum atomic E-state index is 5.56. The summed E-state index contributed by atoms with van der Waals surface area (Å²) in [6.07, 6.45) is 2.64. The Balaban J connectivity index is 1.95. The number of fused-ring (bicyclic) bond motifs is 1. The molecule has 1 atom stereocenters. The van der Waals surface area contributed by atoms with Gasteiger partial charge in [-0.25, -0.2) is 0 Å². The number of rotatable bonds is 2. The molecule has 1 aromatic rings. The monoisotopic (exact) mass is 211 g/mol. The minimum atomic E-state index is 0.458. The van der Waals surface area contributed by atoms with E-state index in [0.29, 0.717) is 12.6 Å².